The van der Waals surface area contributed by atoms with Crippen molar-refractivity contribution in [3.63, 3.8) is 0 Å². The normalized spacial score (nSPS) is 10.4. The largest absolute Gasteiger partial charge is 0.478 e. The maximum Gasteiger partial charge on any atom is 0.337 e. The summed E-state index contributed by atoms with van der Waals surface area (Å²) in [5.74, 6) is -0.933. The Morgan fingerprint density at radius 2 is 2.10 bits per heavy atom. The molecule has 4 N–H and O–H groups in total. The molecule has 6 nitrogen and oxygen atoms in total. The van der Waals surface area contributed by atoms with Crippen LogP contribution in [0, 0.1) is 0 Å². The van der Waals surface area contributed by atoms with Crippen LogP contribution in [0.3, 0.4) is 0 Å². The fourth-order valence-electron chi connectivity index (χ4n) is 1.58. The van der Waals surface area contributed by atoms with Gasteiger partial charge in [-0.15, -0.1) is 11.8 Å². The minimum Gasteiger partial charge on any atom is -0.478 e. The Hall–Kier alpha value is -1.93. The van der Waals surface area contributed by atoms with Crippen molar-refractivity contribution in [1.29, 1.82) is 0 Å². The molecule has 1 heterocycles. The molecule has 0 radical (unpaired) electrons. The van der Waals surface area contributed by atoms with Gasteiger partial charge in [-0.2, -0.15) is 0 Å². The molecule has 0 bridgehead atoms. The van der Waals surface area contributed by atoms with Gasteiger partial charge in [0.2, 0.25) is 0 Å². The van der Waals surface area contributed by atoms with Gasteiger partial charge in [-0.1, -0.05) is 17.8 Å². The second-order valence-corrected chi connectivity index (χ2v) is 5.59. The molecular formula is C12H11N3O3S2. The zero-order valence-corrected chi connectivity index (χ0v) is 12.0. The van der Waals surface area contributed by atoms with Gasteiger partial charge >= 0.3 is 5.97 Å². The van der Waals surface area contributed by atoms with Gasteiger partial charge in [0.05, 0.1) is 5.56 Å². The molecule has 0 aliphatic heterocycles. The van der Waals surface area contributed by atoms with Gasteiger partial charge in [-0.25, -0.2) is 9.78 Å². The van der Waals surface area contributed by atoms with Crippen molar-refractivity contribution < 1.29 is 9.90 Å². The number of anilines is 1. The second-order valence-electron chi connectivity index (χ2n) is 3.72. The van der Waals surface area contributed by atoms with Crippen molar-refractivity contribution >= 4 is 35.3 Å². The van der Waals surface area contributed by atoms with E-state index in [0.29, 0.717) is 9.79 Å². The summed E-state index contributed by atoms with van der Waals surface area (Å²) in [6.07, 6.45) is 1.80. The van der Waals surface area contributed by atoms with E-state index in [-0.39, 0.29) is 22.1 Å². The Balaban J connectivity index is 2.48. The number of aromatic carboxylic acids is 1. The smallest absolute Gasteiger partial charge is 0.337 e. The zero-order valence-electron chi connectivity index (χ0n) is 10.4. The number of nitrogen functional groups attached to an aromatic ring is 1. The van der Waals surface area contributed by atoms with E-state index >= 15 is 0 Å². The minimum atomic E-state index is -1.02. The van der Waals surface area contributed by atoms with E-state index in [0.717, 1.165) is 11.8 Å². The predicted molar refractivity (Wildman–Crippen MR) is 78.6 cm³/mol. The molecule has 0 fully saturated rings. The van der Waals surface area contributed by atoms with Gasteiger partial charge in [0, 0.05) is 15.9 Å². The molecule has 0 saturated heterocycles. The van der Waals surface area contributed by atoms with Crippen LogP contribution in [0.2, 0.25) is 0 Å². The Labute approximate surface area is 122 Å². The van der Waals surface area contributed by atoms with Crippen molar-refractivity contribution in [2.24, 2.45) is 0 Å². The number of aromatic nitrogens is 2. The van der Waals surface area contributed by atoms with Gasteiger partial charge in [-0.3, -0.25) is 4.79 Å². The highest BCUT2D eigenvalue weighted by molar-refractivity contribution is 7.99. The fraction of sp³-hybridized carbons (Fsp3) is 0.0833. The quantitative estimate of drug-likeness (QED) is 0.584. The number of hydrogen-bond acceptors (Lipinski definition) is 6. The molecule has 0 amide bonds. The molecule has 8 heteroatoms. The second kappa shape index (κ2) is 6.02. The van der Waals surface area contributed by atoms with Gasteiger partial charge in [0.1, 0.15) is 5.82 Å². The van der Waals surface area contributed by atoms with Crippen LogP contribution in [0.15, 0.2) is 44.0 Å². The number of nitrogens with zero attached hydrogens (tertiary/aromatic N) is 1. The van der Waals surface area contributed by atoms with Gasteiger partial charge in [0.15, 0.2) is 5.16 Å². The first-order valence-corrected chi connectivity index (χ1v) is 7.50. The first-order chi connectivity index (χ1) is 9.51. The Bertz CT molecular complexity index is 715. The third kappa shape index (κ3) is 3.14. The molecule has 2 aromatic rings. The van der Waals surface area contributed by atoms with Crippen molar-refractivity contribution in [2.45, 2.75) is 14.9 Å². The van der Waals surface area contributed by atoms with E-state index in [4.69, 9.17) is 5.73 Å². The van der Waals surface area contributed by atoms with Gasteiger partial charge < -0.3 is 15.8 Å². The average molecular weight is 309 g/mol. The summed E-state index contributed by atoms with van der Waals surface area (Å²) in [5.41, 5.74) is 5.32. The van der Waals surface area contributed by atoms with Crippen molar-refractivity contribution in [2.75, 3.05) is 12.0 Å². The molecule has 0 atom stereocenters. The monoisotopic (exact) mass is 309 g/mol. The first kappa shape index (κ1) is 14.5. The number of nitrogens with one attached hydrogen (secondary N) is 1. The fourth-order valence-corrected chi connectivity index (χ4v) is 3.22. The van der Waals surface area contributed by atoms with Crippen LogP contribution >= 0.6 is 23.5 Å². The lowest BCUT2D eigenvalue weighted by Gasteiger charge is -2.09. The lowest BCUT2D eigenvalue weighted by atomic mass is 10.2. The van der Waals surface area contributed by atoms with E-state index in [9.17, 15) is 14.7 Å². The maximum atomic E-state index is 11.4. The Morgan fingerprint density at radius 1 is 1.40 bits per heavy atom. The third-order valence-electron chi connectivity index (χ3n) is 2.37. The van der Waals surface area contributed by atoms with Crippen LogP contribution in [-0.2, 0) is 0 Å². The number of H-pyrrole nitrogens is 1. The standard InChI is InChI=1S/C12H11N3O3S2/c1-19-6-3-2-4-7(10(6)11(17)18)20-12-14-8(13)5-9(16)15-12/h2-5H,1H3,(H,17,18)(H3,13,14,15,16). The summed E-state index contributed by atoms with van der Waals surface area (Å²) in [7, 11) is 0. The van der Waals surface area contributed by atoms with Crippen LogP contribution in [0.1, 0.15) is 10.4 Å². The number of rotatable bonds is 4. The van der Waals surface area contributed by atoms with E-state index in [1.807, 2.05) is 0 Å². The van der Waals surface area contributed by atoms with Crippen LogP contribution in [-0.4, -0.2) is 27.3 Å². The lowest BCUT2D eigenvalue weighted by Crippen LogP contribution is -2.09. The Morgan fingerprint density at radius 3 is 2.70 bits per heavy atom. The summed E-state index contributed by atoms with van der Waals surface area (Å²) in [6.45, 7) is 0. The van der Waals surface area contributed by atoms with Crippen LogP contribution in [0.5, 0.6) is 0 Å². The molecule has 104 valence electrons. The molecular weight excluding hydrogens is 298 g/mol. The van der Waals surface area contributed by atoms with E-state index < -0.39 is 5.97 Å². The molecule has 0 saturated carbocycles. The van der Waals surface area contributed by atoms with Crippen LogP contribution in [0.4, 0.5) is 5.82 Å². The topological polar surface area (TPSA) is 109 Å². The van der Waals surface area contributed by atoms with Crippen LogP contribution < -0.4 is 11.3 Å². The van der Waals surface area contributed by atoms with Crippen molar-refractivity contribution in [3.8, 4) is 0 Å². The molecule has 0 unspecified atom stereocenters. The number of carbonyl (C=O) groups is 1. The van der Waals surface area contributed by atoms with Gasteiger partial charge in [-0.05, 0) is 18.4 Å². The highest BCUT2D eigenvalue weighted by atomic mass is 32.2. The zero-order chi connectivity index (χ0) is 14.7. The molecule has 2 rings (SSSR count). The summed E-state index contributed by atoms with van der Waals surface area (Å²) in [4.78, 5) is 30.3. The van der Waals surface area contributed by atoms with Crippen LogP contribution in [0.25, 0.3) is 0 Å². The van der Waals surface area contributed by atoms with E-state index in [1.54, 1.807) is 24.5 Å². The molecule has 0 aliphatic carbocycles. The molecule has 20 heavy (non-hydrogen) atoms. The minimum absolute atomic E-state index is 0.0918. The Kier molecular flexibility index (Phi) is 4.35. The number of benzene rings is 1. The summed E-state index contributed by atoms with van der Waals surface area (Å²) in [6, 6.07) is 6.32. The number of carboxylic acids is 1. The molecule has 0 aliphatic rings. The van der Waals surface area contributed by atoms with Crippen molar-refractivity contribution in [1.82, 2.24) is 9.97 Å². The number of thioether (sulfide) groups is 1. The highest BCUT2D eigenvalue weighted by Crippen LogP contribution is 2.33. The maximum absolute atomic E-state index is 11.4. The summed E-state index contributed by atoms with van der Waals surface area (Å²) >= 11 is 2.40. The van der Waals surface area contributed by atoms with Crippen molar-refractivity contribution in [3.05, 3.63) is 40.2 Å². The molecule has 0 spiro atoms. The van der Waals surface area contributed by atoms with E-state index in [2.05, 4.69) is 9.97 Å². The molecule has 1 aromatic heterocycles. The molecule has 1 aromatic carbocycles. The number of aromatic amines is 1. The average Bonchev–Trinajstić information content (AvgIpc) is 2.36. The number of hydrogen-bond donors (Lipinski definition) is 3. The first-order valence-electron chi connectivity index (χ1n) is 5.46. The number of carboxylic acid groups (broad SMARTS) is 1. The summed E-state index contributed by atoms with van der Waals surface area (Å²) < 4.78 is 0. The highest BCUT2D eigenvalue weighted by Gasteiger charge is 2.16. The SMILES string of the molecule is CSc1cccc(Sc2nc(N)cc(=O)[nH]2)c1C(=O)O. The third-order valence-corrected chi connectivity index (χ3v) is 4.10. The summed E-state index contributed by atoms with van der Waals surface area (Å²) in [5, 5.41) is 9.58. The number of nitrogens with two attached hydrogens (primary N) is 1. The lowest BCUT2D eigenvalue weighted by molar-refractivity contribution is 0.0689. The van der Waals surface area contributed by atoms with E-state index in [1.165, 1.54) is 17.8 Å². The van der Waals surface area contributed by atoms with Gasteiger partial charge in [0.25, 0.3) is 5.56 Å². The predicted octanol–water partition coefficient (Wildman–Crippen LogP) is 1.92.